The molecule has 0 saturated heterocycles. The molecule has 2 atom stereocenters. The molecule has 2 aromatic rings. The maximum absolute atomic E-state index is 13.1. The summed E-state index contributed by atoms with van der Waals surface area (Å²) in [7, 11) is 1.56. The number of hydrogen-bond donors (Lipinski definition) is 1. The average Bonchev–Trinajstić information content (AvgIpc) is 2.52. The fourth-order valence-electron chi connectivity index (χ4n) is 2.82. The maximum atomic E-state index is 13.1. The summed E-state index contributed by atoms with van der Waals surface area (Å²) in [6.45, 7) is 9.25. The smallest absolute Gasteiger partial charge is 0.408 e. The molecule has 1 aromatic heterocycles. The number of fused-ring (bicyclic) bond motifs is 1. The molecule has 0 aliphatic carbocycles. The van der Waals surface area contributed by atoms with Crippen LogP contribution in [0.3, 0.4) is 0 Å². The minimum absolute atomic E-state index is 0.275. The summed E-state index contributed by atoms with van der Waals surface area (Å²) in [4.78, 5) is 29.9. The van der Waals surface area contributed by atoms with Crippen LogP contribution in [-0.4, -0.2) is 35.0 Å². The fourth-order valence-corrected chi connectivity index (χ4v) is 3.07. The van der Waals surface area contributed by atoms with Gasteiger partial charge in [-0.25, -0.2) is 9.78 Å². The number of amides is 1. The predicted octanol–water partition coefficient (Wildman–Crippen LogP) is 3.84. The second kappa shape index (κ2) is 8.27. The Morgan fingerprint density at radius 2 is 2.00 bits per heavy atom. The van der Waals surface area contributed by atoms with E-state index in [1.807, 2.05) is 6.92 Å². The summed E-state index contributed by atoms with van der Waals surface area (Å²) >= 11 is 6.23. The van der Waals surface area contributed by atoms with Crippen molar-refractivity contribution in [2.45, 2.75) is 52.3 Å². The highest BCUT2D eigenvalue weighted by Crippen LogP contribution is 2.23. The number of rotatable bonds is 5. The Morgan fingerprint density at radius 3 is 2.59 bits per heavy atom. The van der Waals surface area contributed by atoms with Gasteiger partial charge in [-0.05, 0) is 46.8 Å². The van der Waals surface area contributed by atoms with Crippen molar-refractivity contribution in [1.29, 1.82) is 0 Å². The Hall–Kier alpha value is -2.12. The highest BCUT2D eigenvalue weighted by molar-refractivity contribution is 6.35. The number of alkyl carbamates (subject to hydrolysis) is 1. The van der Waals surface area contributed by atoms with Gasteiger partial charge in [0.1, 0.15) is 11.4 Å². The van der Waals surface area contributed by atoms with E-state index in [1.54, 1.807) is 53.0 Å². The molecule has 0 aliphatic heterocycles. The first-order valence-electron chi connectivity index (χ1n) is 8.74. The van der Waals surface area contributed by atoms with Crippen molar-refractivity contribution >= 4 is 28.6 Å². The molecule has 1 N–H and O–H groups in total. The van der Waals surface area contributed by atoms with Gasteiger partial charge in [0.2, 0.25) is 0 Å². The number of carbonyl (C=O) groups is 1. The van der Waals surface area contributed by atoms with Crippen LogP contribution in [0.25, 0.3) is 10.9 Å². The second-order valence-corrected chi connectivity index (χ2v) is 7.86. The average molecular weight is 396 g/mol. The van der Waals surface area contributed by atoms with E-state index in [4.69, 9.17) is 21.1 Å². The molecule has 2 rings (SSSR count). The number of nitrogens with zero attached hydrogens (tertiary/aromatic N) is 2. The number of benzene rings is 1. The molecular formula is C19H26ClN3O4. The third-order valence-corrected chi connectivity index (χ3v) is 4.19. The van der Waals surface area contributed by atoms with Crippen LogP contribution in [0.4, 0.5) is 4.79 Å². The number of nitrogens with one attached hydrogen (secondary N) is 1. The summed E-state index contributed by atoms with van der Waals surface area (Å²) in [6.07, 6.45) is -0.582. The normalized spacial score (nSPS) is 14.0. The van der Waals surface area contributed by atoms with Crippen LogP contribution >= 0.6 is 11.6 Å². The van der Waals surface area contributed by atoms with Crippen molar-refractivity contribution in [2.24, 2.45) is 0 Å². The molecule has 0 saturated carbocycles. The van der Waals surface area contributed by atoms with Gasteiger partial charge < -0.3 is 14.8 Å². The number of halogens is 1. The molecule has 27 heavy (non-hydrogen) atoms. The topological polar surface area (TPSA) is 82.4 Å². The van der Waals surface area contributed by atoms with Crippen LogP contribution in [0.15, 0.2) is 23.0 Å². The van der Waals surface area contributed by atoms with Crippen LogP contribution < -0.4 is 10.9 Å². The lowest BCUT2D eigenvalue weighted by molar-refractivity contribution is 0.0503. The van der Waals surface area contributed by atoms with Crippen LogP contribution in [0.1, 0.15) is 52.5 Å². The Kier molecular flexibility index (Phi) is 6.49. The van der Waals surface area contributed by atoms with E-state index in [9.17, 15) is 9.59 Å². The summed E-state index contributed by atoms with van der Waals surface area (Å²) in [5.74, 6) is 0.408. The van der Waals surface area contributed by atoms with Gasteiger partial charge in [-0.3, -0.25) is 9.36 Å². The van der Waals surface area contributed by atoms with Gasteiger partial charge in [0, 0.05) is 7.11 Å². The van der Waals surface area contributed by atoms with Crippen molar-refractivity contribution in [1.82, 2.24) is 14.9 Å². The Balaban J connectivity index is 2.55. The fraction of sp³-hybridized carbons (Fsp3) is 0.526. The lowest BCUT2D eigenvalue weighted by Crippen LogP contribution is -2.38. The molecule has 1 amide bonds. The predicted molar refractivity (Wildman–Crippen MR) is 105 cm³/mol. The summed E-state index contributed by atoms with van der Waals surface area (Å²) in [5.41, 5.74) is -0.429. The SMILES string of the molecule is COC[C@H](C)n1c([C@H](C)NC(=O)OC(C)(C)C)nc2cccc(Cl)c2c1=O. The second-order valence-electron chi connectivity index (χ2n) is 7.45. The lowest BCUT2D eigenvalue weighted by Gasteiger charge is -2.25. The van der Waals surface area contributed by atoms with Crippen molar-refractivity contribution in [3.8, 4) is 0 Å². The molecule has 0 fully saturated rings. The van der Waals surface area contributed by atoms with Gasteiger partial charge in [0.25, 0.3) is 5.56 Å². The standard InChI is InChI=1S/C19H26ClN3O4/c1-11(10-26-6)23-16(12(2)21-18(25)27-19(3,4)5)22-14-9-7-8-13(20)15(14)17(23)24/h7-9,11-12H,10H2,1-6H3,(H,21,25)/t11-,12-/m0/s1. The quantitative estimate of drug-likeness (QED) is 0.831. The van der Waals surface area contributed by atoms with Crippen molar-refractivity contribution in [3.63, 3.8) is 0 Å². The monoisotopic (exact) mass is 395 g/mol. The van der Waals surface area contributed by atoms with Crippen LogP contribution in [0.5, 0.6) is 0 Å². The van der Waals surface area contributed by atoms with Crippen molar-refractivity contribution in [3.05, 3.63) is 39.4 Å². The van der Waals surface area contributed by atoms with E-state index in [2.05, 4.69) is 10.3 Å². The number of hydrogen-bond acceptors (Lipinski definition) is 5. The number of ether oxygens (including phenoxy) is 2. The molecule has 148 valence electrons. The molecule has 0 radical (unpaired) electrons. The van der Waals surface area contributed by atoms with Crippen molar-refractivity contribution < 1.29 is 14.3 Å². The van der Waals surface area contributed by atoms with Crippen molar-refractivity contribution in [2.75, 3.05) is 13.7 Å². The first-order valence-corrected chi connectivity index (χ1v) is 9.12. The maximum Gasteiger partial charge on any atom is 0.408 e. The molecule has 0 bridgehead atoms. The number of aromatic nitrogens is 2. The van der Waals surface area contributed by atoms with Gasteiger partial charge in [0.05, 0.1) is 34.6 Å². The first kappa shape index (κ1) is 21.2. The van der Waals surface area contributed by atoms with Gasteiger partial charge in [-0.2, -0.15) is 0 Å². The lowest BCUT2D eigenvalue weighted by atomic mass is 10.2. The Labute approximate surface area is 163 Å². The van der Waals surface area contributed by atoms with Crippen LogP contribution in [-0.2, 0) is 9.47 Å². The highest BCUT2D eigenvalue weighted by Gasteiger charge is 2.24. The molecule has 0 aliphatic rings. The van der Waals surface area contributed by atoms with E-state index in [0.29, 0.717) is 28.4 Å². The van der Waals surface area contributed by atoms with Gasteiger partial charge >= 0.3 is 6.09 Å². The Bertz CT molecular complexity index is 889. The van der Waals surface area contributed by atoms with Gasteiger partial charge in [-0.1, -0.05) is 17.7 Å². The van der Waals surface area contributed by atoms with E-state index in [1.165, 1.54) is 4.57 Å². The van der Waals surface area contributed by atoms with E-state index < -0.39 is 17.7 Å². The zero-order valence-electron chi connectivity index (χ0n) is 16.5. The zero-order chi connectivity index (χ0) is 20.4. The van der Waals surface area contributed by atoms with Gasteiger partial charge in [0.15, 0.2) is 0 Å². The molecule has 0 spiro atoms. The van der Waals surface area contributed by atoms with Crippen LogP contribution in [0, 0.1) is 0 Å². The third kappa shape index (κ3) is 4.99. The zero-order valence-corrected chi connectivity index (χ0v) is 17.3. The molecular weight excluding hydrogens is 370 g/mol. The highest BCUT2D eigenvalue weighted by atomic mass is 35.5. The van der Waals surface area contributed by atoms with Crippen LogP contribution in [0.2, 0.25) is 5.02 Å². The molecule has 0 unspecified atom stereocenters. The Morgan fingerprint density at radius 1 is 1.33 bits per heavy atom. The van der Waals surface area contributed by atoms with E-state index in [-0.39, 0.29) is 11.6 Å². The molecule has 1 aromatic carbocycles. The summed E-state index contributed by atoms with van der Waals surface area (Å²) in [6, 6.07) is 4.25. The van der Waals surface area contributed by atoms with E-state index in [0.717, 1.165) is 0 Å². The number of carbonyl (C=O) groups excluding carboxylic acids is 1. The summed E-state index contributed by atoms with van der Waals surface area (Å²) in [5, 5.41) is 3.42. The van der Waals surface area contributed by atoms with Gasteiger partial charge in [-0.15, -0.1) is 0 Å². The molecule has 8 heteroatoms. The summed E-state index contributed by atoms with van der Waals surface area (Å²) < 4.78 is 12.0. The minimum Gasteiger partial charge on any atom is -0.444 e. The molecule has 7 nitrogen and oxygen atoms in total. The van der Waals surface area contributed by atoms with E-state index >= 15 is 0 Å². The number of methoxy groups -OCH3 is 1. The first-order chi connectivity index (χ1) is 12.5. The minimum atomic E-state index is -0.628. The molecule has 1 heterocycles. The largest absolute Gasteiger partial charge is 0.444 e. The third-order valence-electron chi connectivity index (χ3n) is 3.88.